The Morgan fingerprint density at radius 3 is 2.37 bits per heavy atom. The molecule has 1 saturated carbocycles. The summed E-state index contributed by atoms with van der Waals surface area (Å²) in [6.07, 6.45) is 4.38. The second-order valence-electron chi connectivity index (χ2n) is 5.85. The average Bonchev–Trinajstić information content (AvgIpc) is 2.39. The Morgan fingerprint density at radius 2 is 1.79 bits per heavy atom. The van der Waals surface area contributed by atoms with Gasteiger partial charge in [-0.1, -0.05) is 30.3 Å². The predicted octanol–water partition coefficient (Wildman–Crippen LogP) is 3.15. The highest BCUT2D eigenvalue weighted by atomic mass is 16.9. The molecule has 3 rings (SSSR count). The molecule has 1 aliphatic carbocycles. The van der Waals surface area contributed by atoms with Gasteiger partial charge >= 0.3 is 0 Å². The van der Waals surface area contributed by atoms with E-state index >= 15 is 0 Å². The van der Waals surface area contributed by atoms with Gasteiger partial charge < -0.3 is 9.47 Å². The van der Waals surface area contributed by atoms with Crippen LogP contribution in [0.2, 0.25) is 0 Å². The normalized spacial score (nSPS) is 34.5. The van der Waals surface area contributed by atoms with Crippen molar-refractivity contribution in [1.29, 1.82) is 0 Å². The third-order valence-electron chi connectivity index (χ3n) is 4.38. The third kappa shape index (κ3) is 2.83. The van der Waals surface area contributed by atoms with Crippen LogP contribution < -0.4 is 0 Å². The molecule has 19 heavy (non-hydrogen) atoms. The predicted molar refractivity (Wildman–Crippen MR) is 74.5 cm³/mol. The molecule has 3 heteroatoms. The molecule has 1 spiro atoms. The SMILES string of the molecule is CC1OC2(CCC(N(C)Cc3ccccc3)CC2)O1. The fourth-order valence-electron chi connectivity index (χ4n) is 3.33. The highest BCUT2D eigenvalue weighted by molar-refractivity contribution is 5.14. The van der Waals surface area contributed by atoms with Crippen LogP contribution in [0.5, 0.6) is 0 Å². The van der Waals surface area contributed by atoms with Gasteiger partial charge in [-0.3, -0.25) is 4.90 Å². The highest BCUT2D eigenvalue weighted by Crippen LogP contribution is 2.42. The first-order valence-corrected chi connectivity index (χ1v) is 7.27. The van der Waals surface area contributed by atoms with Gasteiger partial charge in [0.2, 0.25) is 0 Å². The van der Waals surface area contributed by atoms with Crippen LogP contribution in [0, 0.1) is 0 Å². The van der Waals surface area contributed by atoms with Gasteiger partial charge in [-0.25, -0.2) is 0 Å². The van der Waals surface area contributed by atoms with E-state index in [-0.39, 0.29) is 12.1 Å². The van der Waals surface area contributed by atoms with E-state index < -0.39 is 0 Å². The van der Waals surface area contributed by atoms with Crippen LogP contribution in [0.1, 0.15) is 38.2 Å². The Hall–Kier alpha value is -0.900. The van der Waals surface area contributed by atoms with Crippen LogP contribution in [0.25, 0.3) is 0 Å². The van der Waals surface area contributed by atoms with E-state index in [9.17, 15) is 0 Å². The molecule has 1 aromatic rings. The molecule has 1 aromatic carbocycles. The van der Waals surface area contributed by atoms with Crippen LogP contribution in [0.4, 0.5) is 0 Å². The summed E-state index contributed by atoms with van der Waals surface area (Å²) in [6.45, 7) is 3.00. The molecular weight excluding hydrogens is 238 g/mol. The second-order valence-corrected chi connectivity index (χ2v) is 5.85. The number of rotatable bonds is 3. The van der Waals surface area contributed by atoms with Crippen molar-refractivity contribution in [2.45, 2.75) is 57.3 Å². The number of ether oxygens (including phenoxy) is 2. The van der Waals surface area contributed by atoms with Crippen molar-refractivity contribution in [3.05, 3.63) is 35.9 Å². The first kappa shape index (κ1) is 13.1. The Morgan fingerprint density at radius 1 is 1.16 bits per heavy atom. The lowest BCUT2D eigenvalue weighted by molar-refractivity contribution is -0.454. The third-order valence-corrected chi connectivity index (χ3v) is 4.38. The first-order valence-electron chi connectivity index (χ1n) is 7.27. The summed E-state index contributed by atoms with van der Waals surface area (Å²) in [5.41, 5.74) is 1.38. The summed E-state index contributed by atoms with van der Waals surface area (Å²) >= 11 is 0. The minimum atomic E-state index is -0.233. The quantitative estimate of drug-likeness (QED) is 0.834. The van der Waals surface area contributed by atoms with Crippen molar-refractivity contribution in [3.8, 4) is 0 Å². The van der Waals surface area contributed by atoms with Crippen molar-refractivity contribution in [1.82, 2.24) is 4.90 Å². The molecule has 104 valence electrons. The maximum absolute atomic E-state index is 5.77. The minimum Gasteiger partial charge on any atom is -0.321 e. The van der Waals surface area contributed by atoms with Crippen molar-refractivity contribution in [2.75, 3.05) is 7.05 Å². The summed E-state index contributed by atoms with van der Waals surface area (Å²) in [7, 11) is 2.22. The Bertz CT molecular complexity index is 404. The summed E-state index contributed by atoms with van der Waals surface area (Å²) in [5.74, 6) is -0.233. The van der Waals surface area contributed by atoms with E-state index in [2.05, 4.69) is 42.3 Å². The maximum atomic E-state index is 5.77. The molecule has 1 heterocycles. The molecule has 0 bridgehead atoms. The van der Waals surface area contributed by atoms with Crippen molar-refractivity contribution >= 4 is 0 Å². The molecule has 0 amide bonds. The molecule has 1 saturated heterocycles. The van der Waals surface area contributed by atoms with Crippen LogP contribution in [0.15, 0.2) is 30.3 Å². The van der Waals surface area contributed by atoms with Gasteiger partial charge in [0.1, 0.15) is 0 Å². The van der Waals surface area contributed by atoms with E-state index in [1.54, 1.807) is 0 Å². The monoisotopic (exact) mass is 261 g/mol. The van der Waals surface area contributed by atoms with Crippen LogP contribution in [-0.4, -0.2) is 30.1 Å². The van der Waals surface area contributed by atoms with Crippen molar-refractivity contribution in [2.24, 2.45) is 0 Å². The van der Waals surface area contributed by atoms with E-state index in [0.29, 0.717) is 6.04 Å². The Balaban J connectivity index is 1.51. The van der Waals surface area contributed by atoms with Gasteiger partial charge in [-0.2, -0.15) is 0 Å². The molecule has 1 aliphatic heterocycles. The first-order chi connectivity index (χ1) is 9.17. The molecule has 3 nitrogen and oxygen atoms in total. The van der Waals surface area contributed by atoms with Crippen molar-refractivity contribution < 1.29 is 9.47 Å². The molecule has 0 radical (unpaired) electrons. The second kappa shape index (κ2) is 5.23. The molecule has 2 aliphatic rings. The standard InChI is InChI=1S/C16H23NO2/c1-13-18-16(19-13)10-8-15(9-11-16)17(2)12-14-6-4-3-5-7-14/h3-7,13,15H,8-12H2,1-2H3. The largest absolute Gasteiger partial charge is 0.321 e. The van der Waals surface area contributed by atoms with Gasteiger partial charge in [0.15, 0.2) is 12.1 Å². The molecule has 0 N–H and O–H groups in total. The molecule has 2 fully saturated rings. The summed E-state index contributed by atoms with van der Waals surface area (Å²) < 4.78 is 11.5. The van der Waals surface area contributed by atoms with E-state index in [0.717, 1.165) is 32.2 Å². The number of benzene rings is 1. The van der Waals surface area contributed by atoms with Crippen LogP contribution in [-0.2, 0) is 16.0 Å². The Kier molecular flexibility index (Phi) is 3.61. The summed E-state index contributed by atoms with van der Waals surface area (Å²) in [4.78, 5) is 2.46. The number of nitrogens with zero attached hydrogens (tertiary/aromatic N) is 1. The zero-order valence-corrected chi connectivity index (χ0v) is 11.8. The van der Waals surface area contributed by atoms with E-state index in [1.165, 1.54) is 5.56 Å². The van der Waals surface area contributed by atoms with Crippen LogP contribution in [0.3, 0.4) is 0 Å². The summed E-state index contributed by atoms with van der Waals surface area (Å²) in [5, 5.41) is 0. The Labute approximate surface area is 115 Å². The lowest BCUT2D eigenvalue weighted by atomic mass is 9.88. The summed E-state index contributed by atoms with van der Waals surface area (Å²) in [6, 6.07) is 11.3. The number of hydrogen-bond donors (Lipinski definition) is 0. The molecule has 0 aromatic heterocycles. The van der Waals surface area contributed by atoms with Crippen LogP contribution >= 0.6 is 0 Å². The average molecular weight is 261 g/mol. The van der Waals surface area contributed by atoms with E-state index in [4.69, 9.17) is 9.47 Å². The van der Waals surface area contributed by atoms with Gasteiger partial charge in [-0.15, -0.1) is 0 Å². The zero-order chi connectivity index (χ0) is 13.3. The number of hydrogen-bond acceptors (Lipinski definition) is 3. The lowest BCUT2D eigenvalue weighted by Crippen LogP contribution is -2.55. The fraction of sp³-hybridized carbons (Fsp3) is 0.625. The highest BCUT2D eigenvalue weighted by Gasteiger charge is 2.47. The van der Waals surface area contributed by atoms with Gasteiger partial charge in [-0.05, 0) is 32.4 Å². The topological polar surface area (TPSA) is 21.7 Å². The van der Waals surface area contributed by atoms with E-state index in [1.807, 2.05) is 6.92 Å². The van der Waals surface area contributed by atoms with Crippen molar-refractivity contribution in [3.63, 3.8) is 0 Å². The minimum absolute atomic E-state index is 0.00130. The fourth-order valence-corrected chi connectivity index (χ4v) is 3.33. The van der Waals surface area contributed by atoms with Gasteiger partial charge in [0.25, 0.3) is 0 Å². The van der Waals surface area contributed by atoms with Gasteiger partial charge in [0, 0.05) is 25.4 Å². The maximum Gasteiger partial charge on any atom is 0.174 e. The molecular formula is C16H23NO2. The molecule has 0 unspecified atom stereocenters. The van der Waals surface area contributed by atoms with Gasteiger partial charge in [0.05, 0.1) is 0 Å². The lowest BCUT2D eigenvalue weighted by Gasteiger charge is -2.50. The zero-order valence-electron chi connectivity index (χ0n) is 11.8. The molecule has 0 atom stereocenters. The smallest absolute Gasteiger partial charge is 0.174 e.